The zero-order valence-corrected chi connectivity index (χ0v) is 17.9. The third-order valence-electron chi connectivity index (χ3n) is 4.65. The number of ether oxygens (including phenoxy) is 4. The van der Waals surface area contributed by atoms with Crippen molar-refractivity contribution in [3.63, 3.8) is 0 Å². The predicted octanol–water partition coefficient (Wildman–Crippen LogP) is 3.63. The highest BCUT2D eigenvalue weighted by atomic mass is 16.7. The van der Waals surface area contributed by atoms with Gasteiger partial charge in [-0.25, -0.2) is 0 Å². The van der Waals surface area contributed by atoms with E-state index in [-0.39, 0.29) is 43.9 Å². The van der Waals surface area contributed by atoms with Crippen molar-refractivity contribution in [1.29, 1.82) is 0 Å². The fraction of sp³-hybridized carbons (Fsp3) is 0.478. The summed E-state index contributed by atoms with van der Waals surface area (Å²) in [7, 11) is 1.62. The highest BCUT2D eigenvalue weighted by molar-refractivity contribution is 5.79. The lowest BCUT2D eigenvalue weighted by Crippen LogP contribution is -2.28. The smallest absolute Gasteiger partial charge is 0.307 e. The standard InChI is InChI=1S/C23H29NO6/c1-23(2,3)30-22(25)12-18(17-7-10-20-21(11-17)28-15-27-20)14-29-24-13-16-5-8-19(26-4)9-6-16/h5-11,13,18,20-21H,12,14-15H2,1-4H3/b24-13+/t18-,20?,21?/m1/s1. The second-order valence-corrected chi connectivity index (χ2v) is 8.20. The van der Waals surface area contributed by atoms with Crippen molar-refractivity contribution in [3.8, 4) is 5.75 Å². The summed E-state index contributed by atoms with van der Waals surface area (Å²) in [6.45, 7) is 6.06. The number of fused-ring (bicyclic) bond motifs is 1. The summed E-state index contributed by atoms with van der Waals surface area (Å²) in [6, 6.07) is 7.47. The molecule has 1 aromatic carbocycles. The van der Waals surface area contributed by atoms with Crippen molar-refractivity contribution in [2.45, 2.75) is 45.0 Å². The Balaban J connectivity index is 1.63. The van der Waals surface area contributed by atoms with Gasteiger partial charge in [0.25, 0.3) is 0 Å². The monoisotopic (exact) mass is 415 g/mol. The van der Waals surface area contributed by atoms with Gasteiger partial charge in [-0.1, -0.05) is 17.3 Å². The first-order chi connectivity index (χ1) is 14.3. The van der Waals surface area contributed by atoms with Gasteiger partial charge in [0.2, 0.25) is 0 Å². The van der Waals surface area contributed by atoms with Crippen molar-refractivity contribution in [3.05, 3.63) is 53.6 Å². The van der Waals surface area contributed by atoms with Gasteiger partial charge in [-0.15, -0.1) is 0 Å². The van der Waals surface area contributed by atoms with E-state index in [0.29, 0.717) is 0 Å². The molecule has 1 heterocycles. The van der Waals surface area contributed by atoms with E-state index in [2.05, 4.69) is 5.16 Å². The maximum atomic E-state index is 12.4. The van der Waals surface area contributed by atoms with Crippen LogP contribution < -0.4 is 4.74 Å². The van der Waals surface area contributed by atoms with Gasteiger partial charge in [0, 0.05) is 5.92 Å². The summed E-state index contributed by atoms with van der Waals surface area (Å²) >= 11 is 0. The second kappa shape index (κ2) is 9.91. The molecule has 0 aromatic heterocycles. The highest BCUT2D eigenvalue weighted by Gasteiger charge is 2.31. The zero-order chi connectivity index (χ0) is 21.6. The molecule has 1 saturated heterocycles. The number of hydrogen-bond donors (Lipinski definition) is 0. The van der Waals surface area contributed by atoms with Crippen LogP contribution in [0.25, 0.3) is 0 Å². The van der Waals surface area contributed by atoms with Crippen molar-refractivity contribution in [2.24, 2.45) is 11.1 Å². The molecule has 2 unspecified atom stereocenters. The van der Waals surface area contributed by atoms with Gasteiger partial charge in [0.1, 0.15) is 37.0 Å². The molecule has 1 aliphatic carbocycles. The lowest BCUT2D eigenvalue weighted by Gasteiger charge is -2.24. The Morgan fingerprint density at radius 1 is 1.23 bits per heavy atom. The average molecular weight is 415 g/mol. The van der Waals surface area contributed by atoms with E-state index in [1.165, 1.54) is 0 Å². The van der Waals surface area contributed by atoms with Crippen molar-refractivity contribution in [2.75, 3.05) is 20.5 Å². The minimum atomic E-state index is -0.542. The molecule has 0 radical (unpaired) electrons. The highest BCUT2D eigenvalue weighted by Crippen LogP contribution is 2.28. The number of allylic oxidation sites excluding steroid dienone is 1. The fourth-order valence-electron chi connectivity index (χ4n) is 3.20. The minimum Gasteiger partial charge on any atom is -0.497 e. The lowest BCUT2D eigenvalue weighted by molar-refractivity contribution is -0.156. The largest absolute Gasteiger partial charge is 0.497 e. The molecule has 3 atom stereocenters. The Morgan fingerprint density at radius 2 is 1.97 bits per heavy atom. The van der Waals surface area contributed by atoms with Gasteiger partial charge >= 0.3 is 5.97 Å². The van der Waals surface area contributed by atoms with Crippen molar-refractivity contribution >= 4 is 12.2 Å². The molecule has 30 heavy (non-hydrogen) atoms. The van der Waals surface area contributed by atoms with Gasteiger partial charge in [0.05, 0.1) is 19.7 Å². The summed E-state index contributed by atoms with van der Waals surface area (Å²) in [4.78, 5) is 18.0. The van der Waals surface area contributed by atoms with E-state index in [1.807, 2.05) is 63.3 Å². The average Bonchev–Trinajstić information content (AvgIpc) is 3.17. The maximum absolute atomic E-state index is 12.4. The van der Waals surface area contributed by atoms with Crippen LogP contribution in [-0.4, -0.2) is 50.5 Å². The number of rotatable bonds is 8. The van der Waals surface area contributed by atoms with Gasteiger partial charge in [0.15, 0.2) is 0 Å². The second-order valence-electron chi connectivity index (χ2n) is 8.20. The molecule has 0 N–H and O–H groups in total. The van der Waals surface area contributed by atoms with Crippen LogP contribution in [0.5, 0.6) is 5.75 Å². The molecular weight excluding hydrogens is 386 g/mol. The molecule has 2 aliphatic rings. The predicted molar refractivity (Wildman–Crippen MR) is 112 cm³/mol. The Hall–Kier alpha value is -2.64. The third kappa shape index (κ3) is 6.43. The Labute approximate surface area is 177 Å². The Morgan fingerprint density at radius 3 is 2.67 bits per heavy atom. The van der Waals surface area contributed by atoms with E-state index in [9.17, 15) is 4.79 Å². The summed E-state index contributed by atoms with van der Waals surface area (Å²) in [5.41, 5.74) is 1.29. The minimum absolute atomic E-state index is 0.0788. The Bertz CT molecular complexity index is 806. The Kier molecular flexibility index (Phi) is 7.29. The summed E-state index contributed by atoms with van der Waals surface area (Å²) in [6.07, 6.45) is 7.49. The maximum Gasteiger partial charge on any atom is 0.307 e. The number of oxime groups is 1. The van der Waals surface area contributed by atoms with Gasteiger partial charge in [-0.3, -0.25) is 4.79 Å². The molecule has 0 bridgehead atoms. The first-order valence-corrected chi connectivity index (χ1v) is 9.98. The molecule has 0 saturated carbocycles. The van der Waals surface area contributed by atoms with Gasteiger partial charge < -0.3 is 23.8 Å². The molecular formula is C23H29NO6. The normalized spacial score (nSPS) is 21.8. The van der Waals surface area contributed by atoms with Crippen LogP contribution in [0.2, 0.25) is 0 Å². The third-order valence-corrected chi connectivity index (χ3v) is 4.65. The fourth-order valence-corrected chi connectivity index (χ4v) is 3.20. The zero-order valence-electron chi connectivity index (χ0n) is 17.9. The first-order valence-electron chi connectivity index (χ1n) is 9.98. The van der Waals surface area contributed by atoms with Crippen molar-refractivity contribution in [1.82, 2.24) is 0 Å². The van der Waals surface area contributed by atoms with Gasteiger partial charge in [-0.05, 0) is 62.2 Å². The van der Waals surface area contributed by atoms with E-state index >= 15 is 0 Å². The molecule has 7 nitrogen and oxygen atoms in total. The van der Waals surface area contributed by atoms with E-state index in [4.69, 9.17) is 23.8 Å². The number of methoxy groups -OCH3 is 1. The molecule has 3 rings (SSSR count). The summed E-state index contributed by atoms with van der Waals surface area (Å²) in [5.74, 6) is 0.280. The molecule has 0 amide bonds. The topological polar surface area (TPSA) is 75.6 Å². The molecule has 1 aromatic rings. The number of benzene rings is 1. The molecule has 7 heteroatoms. The van der Waals surface area contributed by atoms with Crippen molar-refractivity contribution < 1.29 is 28.6 Å². The van der Waals surface area contributed by atoms with Crippen LogP contribution in [0.1, 0.15) is 32.8 Å². The quantitative estimate of drug-likeness (QED) is 0.367. The SMILES string of the molecule is COc1ccc(/C=N/OC[C@@H](CC(=O)OC(C)(C)C)C2=CC3OCOC3C=C2)cc1. The number of carbonyl (C=O) groups excluding carboxylic acids is 1. The van der Waals surface area contributed by atoms with E-state index < -0.39 is 5.60 Å². The molecule has 0 spiro atoms. The molecule has 1 aliphatic heterocycles. The number of carbonyl (C=O) groups is 1. The molecule has 162 valence electrons. The summed E-state index contributed by atoms with van der Waals surface area (Å²) in [5, 5.41) is 4.05. The van der Waals surface area contributed by atoms with E-state index in [0.717, 1.165) is 16.9 Å². The number of nitrogens with zero attached hydrogens (tertiary/aromatic N) is 1. The van der Waals surface area contributed by atoms with Gasteiger partial charge in [-0.2, -0.15) is 0 Å². The van der Waals surface area contributed by atoms with Crippen LogP contribution in [-0.2, 0) is 23.8 Å². The number of hydrogen-bond acceptors (Lipinski definition) is 7. The molecule has 1 fully saturated rings. The van der Waals surface area contributed by atoms with E-state index in [1.54, 1.807) is 13.3 Å². The van der Waals surface area contributed by atoms with Crippen LogP contribution >= 0.6 is 0 Å². The van der Waals surface area contributed by atoms with Crippen LogP contribution in [0, 0.1) is 5.92 Å². The first kappa shape index (κ1) is 22.1. The van der Waals surface area contributed by atoms with Crippen LogP contribution in [0.15, 0.2) is 53.2 Å². The lowest BCUT2D eigenvalue weighted by atomic mass is 9.90. The number of esters is 1. The summed E-state index contributed by atoms with van der Waals surface area (Å²) < 4.78 is 21.7. The van der Waals surface area contributed by atoms with Crippen LogP contribution in [0.4, 0.5) is 0 Å². The van der Waals surface area contributed by atoms with Crippen LogP contribution in [0.3, 0.4) is 0 Å².